The molecule has 0 aromatic heterocycles. The molecule has 98 valence electrons. The molecule has 3 N–H and O–H groups in total. The third-order valence-electron chi connectivity index (χ3n) is 3.86. The molecule has 0 amide bonds. The number of nitrogens with one attached hydrogen (secondary N) is 1. The van der Waals surface area contributed by atoms with Gasteiger partial charge in [-0.1, -0.05) is 30.3 Å². The van der Waals surface area contributed by atoms with Gasteiger partial charge in [0.25, 0.3) is 0 Å². The van der Waals surface area contributed by atoms with Crippen LogP contribution in [0.5, 0.6) is 0 Å². The van der Waals surface area contributed by atoms with Crippen molar-refractivity contribution < 1.29 is 0 Å². The summed E-state index contributed by atoms with van der Waals surface area (Å²) in [7, 11) is 0. The highest BCUT2D eigenvalue weighted by molar-refractivity contribution is 5.65. The fourth-order valence-electron chi connectivity index (χ4n) is 2.75. The maximum absolute atomic E-state index is 5.93. The highest BCUT2D eigenvalue weighted by atomic mass is 14.9. The van der Waals surface area contributed by atoms with Crippen LogP contribution in [0.2, 0.25) is 0 Å². The molecule has 2 aromatic rings. The van der Waals surface area contributed by atoms with Gasteiger partial charge < -0.3 is 11.1 Å². The predicted octanol–water partition coefficient (Wildman–Crippen LogP) is 3.76. The van der Waals surface area contributed by atoms with E-state index >= 15 is 0 Å². The number of fused-ring (bicyclic) bond motifs is 1. The summed E-state index contributed by atoms with van der Waals surface area (Å²) in [6, 6.07) is 14.8. The minimum atomic E-state index is 0.806. The molecule has 2 aromatic carbocycles. The van der Waals surface area contributed by atoms with Crippen molar-refractivity contribution in [2.75, 3.05) is 11.1 Å². The van der Waals surface area contributed by atoms with E-state index in [1.165, 1.54) is 42.4 Å². The van der Waals surface area contributed by atoms with Crippen LogP contribution < -0.4 is 11.1 Å². The summed E-state index contributed by atoms with van der Waals surface area (Å²) in [6.07, 6.45) is 5.14. The highest BCUT2D eigenvalue weighted by Gasteiger charge is 2.09. The summed E-state index contributed by atoms with van der Waals surface area (Å²) in [6.45, 7) is 0.835. The van der Waals surface area contributed by atoms with Gasteiger partial charge in [0.1, 0.15) is 0 Å². The Hall–Kier alpha value is -1.96. The zero-order valence-electron chi connectivity index (χ0n) is 11.2. The van der Waals surface area contributed by atoms with Crippen LogP contribution in [-0.2, 0) is 19.4 Å². The van der Waals surface area contributed by atoms with Crippen LogP contribution in [0.25, 0.3) is 0 Å². The number of anilines is 2. The zero-order chi connectivity index (χ0) is 13.1. The molecule has 0 saturated heterocycles. The molecule has 0 bridgehead atoms. The van der Waals surface area contributed by atoms with Crippen molar-refractivity contribution >= 4 is 11.4 Å². The molecule has 0 spiro atoms. The van der Waals surface area contributed by atoms with E-state index in [2.05, 4.69) is 23.5 Å². The molecule has 0 aliphatic heterocycles. The Balaban J connectivity index is 1.72. The van der Waals surface area contributed by atoms with Gasteiger partial charge in [0.05, 0.1) is 11.4 Å². The molecule has 0 fully saturated rings. The zero-order valence-corrected chi connectivity index (χ0v) is 11.2. The maximum atomic E-state index is 5.93. The van der Waals surface area contributed by atoms with Gasteiger partial charge in [-0.3, -0.25) is 0 Å². The molecule has 1 aliphatic carbocycles. The van der Waals surface area contributed by atoms with Crippen molar-refractivity contribution in [3.05, 3.63) is 59.2 Å². The summed E-state index contributed by atoms with van der Waals surface area (Å²) >= 11 is 0. The van der Waals surface area contributed by atoms with Crippen LogP contribution in [-0.4, -0.2) is 0 Å². The Bertz CT molecular complexity index is 575. The third kappa shape index (κ3) is 2.73. The topological polar surface area (TPSA) is 38.0 Å². The van der Waals surface area contributed by atoms with Gasteiger partial charge >= 0.3 is 0 Å². The summed E-state index contributed by atoms with van der Waals surface area (Å²) in [4.78, 5) is 0. The van der Waals surface area contributed by atoms with Gasteiger partial charge in [-0.2, -0.15) is 0 Å². The lowest BCUT2D eigenvalue weighted by Crippen LogP contribution is -2.06. The van der Waals surface area contributed by atoms with E-state index in [-0.39, 0.29) is 0 Å². The molecular formula is C17H20N2. The van der Waals surface area contributed by atoms with Gasteiger partial charge in [-0.05, 0) is 54.5 Å². The lowest BCUT2D eigenvalue weighted by molar-refractivity contribution is 0.684. The molecule has 3 rings (SSSR count). The molecule has 0 heterocycles. The number of nitrogen functional groups attached to an aromatic ring is 1. The third-order valence-corrected chi connectivity index (χ3v) is 3.86. The maximum Gasteiger partial charge on any atom is 0.0576 e. The van der Waals surface area contributed by atoms with E-state index in [1.54, 1.807) is 0 Å². The SMILES string of the molecule is Nc1ccccc1NCc1ccc2c(c1)CCCC2. The number of nitrogens with two attached hydrogens (primary N) is 1. The van der Waals surface area contributed by atoms with E-state index < -0.39 is 0 Å². The van der Waals surface area contributed by atoms with Crippen molar-refractivity contribution in [2.45, 2.75) is 32.2 Å². The molecule has 0 atom stereocenters. The molecule has 2 nitrogen and oxygen atoms in total. The van der Waals surface area contributed by atoms with E-state index in [9.17, 15) is 0 Å². The lowest BCUT2D eigenvalue weighted by Gasteiger charge is -2.17. The number of aryl methyl sites for hydroxylation is 2. The van der Waals surface area contributed by atoms with Crippen molar-refractivity contribution in [1.82, 2.24) is 0 Å². The molecule has 0 saturated carbocycles. The van der Waals surface area contributed by atoms with Crippen LogP contribution in [0, 0.1) is 0 Å². The molecule has 0 unspecified atom stereocenters. The fourth-order valence-corrected chi connectivity index (χ4v) is 2.75. The van der Waals surface area contributed by atoms with Gasteiger partial charge in [0.2, 0.25) is 0 Å². The first-order valence-electron chi connectivity index (χ1n) is 7.02. The second-order valence-electron chi connectivity index (χ2n) is 5.25. The summed E-state index contributed by atoms with van der Waals surface area (Å²) in [5.41, 5.74) is 12.2. The molecule has 0 radical (unpaired) electrons. The monoisotopic (exact) mass is 252 g/mol. The Morgan fingerprint density at radius 2 is 1.74 bits per heavy atom. The molecule has 2 heteroatoms. The Morgan fingerprint density at radius 1 is 0.947 bits per heavy atom. The van der Waals surface area contributed by atoms with E-state index in [0.29, 0.717) is 0 Å². The van der Waals surface area contributed by atoms with E-state index in [4.69, 9.17) is 5.73 Å². The van der Waals surface area contributed by atoms with Gasteiger partial charge in [0.15, 0.2) is 0 Å². The standard InChI is InChI=1S/C17H20N2/c18-16-7-3-4-8-17(16)19-12-13-9-10-14-5-1-2-6-15(14)11-13/h3-4,7-11,19H,1-2,5-6,12,18H2. The molecular weight excluding hydrogens is 232 g/mol. The van der Waals surface area contributed by atoms with Crippen molar-refractivity contribution in [2.24, 2.45) is 0 Å². The van der Waals surface area contributed by atoms with E-state index in [0.717, 1.165) is 17.9 Å². The number of benzene rings is 2. The number of rotatable bonds is 3. The number of hydrogen-bond acceptors (Lipinski definition) is 2. The highest BCUT2D eigenvalue weighted by Crippen LogP contribution is 2.23. The molecule has 1 aliphatic rings. The van der Waals surface area contributed by atoms with E-state index in [1.807, 2.05) is 24.3 Å². The van der Waals surface area contributed by atoms with Crippen LogP contribution in [0.4, 0.5) is 11.4 Å². The second-order valence-corrected chi connectivity index (χ2v) is 5.25. The quantitative estimate of drug-likeness (QED) is 0.816. The fraction of sp³-hybridized carbons (Fsp3) is 0.294. The van der Waals surface area contributed by atoms with Gasteiger partial charge in [-0.25, -0.2) is 0 Å². The largest absolute Gasteiger partial charge is 0.397 e. The van der Waals surface area contributed by atoms with Crippen LogP contribution in [0.1, 0.15) is 29.5 Å². The lowest BCUT2D eigenvalue weighted by atomic mass is 9.90. The first-order chi connectivity index (χ1) is 9.33. The first-order valence-corrected chi connectivity index (χ1v) is 7.02. The van der Waals surface area contributed by atoms with Crippen LogP contribution in [0.3, 0.4) is 0 Å². The van der Waals surface area contributed by atoms with Crippen LogP contribution in [0.15, 0.2) is 42.5 Å². The summed E-state index contributed by atoms with van der Waals surface area (Å²) in [5, 5.41) is 3.41. The normalized spacial score (nSPS) is 13.9. The average Bonchev–Trinajstić information content (AvgIpc) is 2.46. The number of hydrogen-bond donors (Lipinski definition) is 2. The van der Waals surface area contributed by atoms with Gasteiger partial charge in [-0.15, -0.1) is 0 Å². The molecule has 19 heavy (non-hydrogen) atoms. The minimum absolute atomic E-state index is 0.806. The minimum Gasteiger partial charge on any atom is -0.397 e. The Labute approximate surface area is 114 Å². The van der Waals surface area contributed by atoms with Crippen molar-refractivity contribution in [3.63, 3.8) is 0 Å². The predicted molar refractivity (Wildman–Crippen MR) is 81.3 cm³/mol. The summed E-state index contributed by atoms with van der Waals surface area (Å²) in [5.74, 6) is 0. The van der Waals surface area contributed by atoms with Gasteiger partial charge in [0, 0.05) is 6.54 Å². The average molecular weight is 252 g/mol. The first kappa shape index (κ1) is 12.1. The summed E-state index contributed by atoms with van der Waals surface area (Å²) < 4.78 is 0. The Morgan fingerprint density at radius 3 is 2.58 bits per heavy atom. The van der Waals surface area contributed by atoms with Crippen LogP contribution >= 0.6 is 0 Å². The number of para-hydroxylation sites is 2. The smallest absolute Gasteiger partial charge is 0.0576 e. The second kappa shape index (κ2) is 5.35. The van der Waals surface area contributed by atoms with Crippen molar-refractivity contribution in [1.29, 1.82) is 0 Å². The Kier molecular flexibility index (Phi) is 3.41. The van der Waals surface area contributed by atoms with Crippen molar-refractivity contribution in [3.8, 4) is 0 Å².